The lowest BCUT2D eigenvalue weighted by Crippen LogP contribution is -2.30. The number of ether oxygens (including phenoxy) is 2. The number of methoxy groups -OCH3 is 2. The number of carbonyl (C=O) groups excluding carboxylic acids is 1. The summed E-state index contributed by atoms with van der Waals surface area (Å²) < 4.78 is 10.6. The number of benzene rings is 1. The van der Waals surface area contributed by atoms with Gasteiger partial charge in [-0.25, -0.2) is 0 Å². The third kappa shape index (κ3) is 1.72. The van der Waals surface area contributed by atoms with Crippen molar-refractivity contribution in [1.82, 2.24) is 4.90 Å². The lowest BCUT2D eigenvalue weighted by Gasteiger charge is -2.20. The van der Waals surface area contributed by atoms with Crippen molar-refractivity contribution >= 4 is 5.91 Å². The maximum atomic E-state index is 12.5. The van der Waals surface area contributed by atoms with Crippen molar-refractivity contribution in [2.45, 2.75) is 6.42 Å². The van der Waals surface area contributed by atoms with Gasteiger partial charge in [0.25, 0.3) is 5.91 Å². The zero-order chi connectivity index (χ0) is 12.7. The summed E-state index contributed by atoms with van der Waals surface area (Å²) in [6, 6.07) is 5.43. The van der Waals surface area contributed by atoms with Gasteiger partial charge in [0.2, 0.25) is 0 Å². The van der Waals surface area contributed by atoms with Crippen LogP contribution in [0.3, 0.4) is 0 Å². The number of hydrogen-bond donors (Lipinski definition) is 0. The van der Waals surface area contributed by atoms with Gasteiger partial charge in [-0.2, -0.15) is 0 Å². The Bertz CT molecular complexity index is 454. The Morgan fingerprint density at radius 3 is 2.22 bits per heavy atom. The first-order valence-corrected chi connectivity index (χ1v) is 6.25. The van der Waals surface area contributed by atoms with Crippen molar-refractivity contribution in [3.63, 3.8) is 0 Å². The van der Waals surface area contributed by atoms with Crippen LogP contribution in [-0.4, -0.2) is 38.1 Å². The fourth-order valence-corrected chi connectivity index (χ4v) is 2.78. The molecule has 2 unspecified atom stereocenters. The molecule has 4 nitrogen and oxygen atoms in total. The van der Waals surface area contributed by atoms with Crippen molar-refractivity contribution in [2.75, 3.05) is 27.3 Å². The van der Waals surface area contributed by atoms with E-state index in [1.165, 1.54) is 6.42 Å². The zero-order valence-electron chi connectivity index (χ0n) is 10.7. The van der Waals surface area contributed by atoms with Gasteiger partial charge in [0.05, 0.1) is 14.2 Å². The van der Waals surface area contributed by atoms with E-state index < -0.39 is 0 Å². The van der Waals surface area contributed by atoms with E-state index in [2.05, 4.69) is 0 Å². The molecule has 1 heterocycles. The highest BCUT2D eigenvalue weighted by molar-refractivity contribution is 6.00. The van der Waals surface area contributed by atoms with Crippen LogP contribution in [0.15, 0.2) is 18.2 Å². The summed E-state index contributed by atoms with van der Waals surface area (Å²) in [5, 5.41) is 0. The maximum absolute atomic E-state index is 12.5. The maximum Gasteiger partial charge on any atom is 0.261 e. The van der Waals surface area contributed by atoms with E-state index in [1.54, 1.807) is 26.4 Å². The monoisotopic (exact) mass is 247 g/mol. The van der Waals surface area contributed by atoms with Crippen LogP contribution in [-0.2, 0) is 0 Å². The molecule has 1 aliphatic carbocycles. The highest BCUT2D eigenvalue weighted by atomic mass is 16.5. The highest BCUT2D eigenvalue weighted by Gasteiger charge is 2.47. The minimum atomic E-state index is 0.0245. The fraction of sp³-hybridized carbons (Fsp3) is 0.500. The van der Waals surface area contributed by atoms with Gasteiger partial charge in [0, 0.05) is 13.1 Å². The van der Waals surface area contributed by atoms with E-state index in [4.69, 9.17) is 9.47 Å². The molecule has 1 saturated heterocycles. The Morgan fingerprint density at radius 1 is 1.17 bits per heavy atom. The molecule has 0 aromatic heterocycles. The van der Waals surface area contributed by atoms with Gasteiger partial charge < -0.3 is 14.4 Å². The van der Waals surface area contributed by atoms with Crippen LogP contribution >= 0.6 is 0 Å². The predicted molar refractivity (Wildman–Crippen MR) is 67.0 cm³/mol. The molecule has 2 fully saturated rings. The second-order valence-electron chi connectivity index (χ2n) is 5.00. The van der Waals surface area contributed by atoms with Gasteiger partial charge in [-0.1, -0.05) is 6.07 Å². The molecule has 1 saturated carbocycles. The summed E-state index contributed by atoms with van der Waals surface area (Å²) in [5.41, 5.74) is 0.545. The van der Waals surface area contributed by atoms with Crippen LogP contribution < -0.4 is 9.47 Å². The summed E-state index contributed by atoms with van der Waals surface area (Å²) in [6.45, 7) is 1.76. The second-order valence-corrected chi connectivity index (χ2v) is 5.00. The largest absolute Gasteiger partial charge is 0.496 e. The molecule has 0 spiro atoms. The normalized spacial score (nSPS) is 24.7. The van der Waals surface area contributed by atoms with E-state index in [0.29, 0.717) is 17.1 Å². The van der Waals surface area contributed by atoms with Gasteiger partial charge in [-0.3, -0.25) is 4.79 Å². The molecule has 2 aliphatic rings. The molecule has 1 aromatic rings. The number of fused-ring (bicyclic) bond motifs is 1. The van der Waals surface area contributed by atoms with E-state index in [1.807, 2.05) is 11.0 Å². The molecule has 3 rings (SSSR count). The average Bonchev–Trinajstić information content (AvgIpc) is 3.03. The molecule has 18 heavy (non-hydrogen) atoms. The van der Waals surface area contributed by atoms with Crippen LogP contribution in [0, 0.1) is 11.8 Å². The van der Waals surface area contributed by atoms with Crippen molar-refractivity contribution in [3.05, 3.63) is 23.8 Å². The second kappa shape index (κ2) is 4.19. The number of rotatable bonds is 3. The predicted octanol–water partition coefficient (Wildman–Crippen LogP) is 1.80. The van der Waals surface area contributed by atoms with E-state index in [0.717, 1.165) is 24.9 Å². The van der Waals surface area contributed by atoms with Crippen molar-refractivity contribution in [3.8, 4) is 11.5 Å². The first-order valence-electron chi connectivity index (χ1n) is 6.25. The van der Waals surface area contributed by atoms with Crippen LogP contribution in [0.4, 0.5) is 0 Å². The van der Waals surface area contributed by atoms with Crippen molar-refractivity contribution in [1.29, 1.82) is 0 Å². The number of piperidine rings is 1. The van der Waals surface area contributed by atoms with Gasteiger partial charge in [-0.15, -0.1) is 0 Å². The van der Waals surface area contributed by atoms with Crippen LogP contribution in [0.5, 0.6) is 11.5 Å². The molecule has 0 N–H and O–H groups in total. The molecule has 1 aliphatic heterocycles. The van der Waals surface area contributed by atoms with Crippen molar-refractivity contribution in [2.24, 2.45) is 11.8 Å². The van der Waals surface area contributed by atoms with E-state index in [9.17, 15) is 4.79 Å². The molecule has 0 bridgehead atoms. The molecule has 1 aromatic carbocycles. The standard InChI is InChI=1S/C14H17NO3/c1-17-11-4-3-5-12(18-2)13(11)14(16)15-7-9-6-10(9)8-15/h3-5,9-10H,6-8H2,1-2H3. The molecule has 4 heteroatoms. The summed E-state index contributed by atoms with van der Waals surface area (Å²) >= 11 is 0. The van der Waals surface area contributed by atoms with Gasteiger partial charge >= 0.3 is 0 Å². The quantitative estimate of drug-likeness (QED) is 0.817. The van der Waals surface area contributed by atoms with E-state index in [-0.39, 0.29) is 5.91 Å². The number of carbonyl (C=O) groups is 1. The topological polar surface area (TPSA) is 38.8 Å². The Balaban J connectivity index is 1.91. The SMILES string of the molecule is COc1cccc(OC)c1C(=O)N1CC2CC2C1. The zero-order valence-corrected chi connectivity index (χ0v) is 10.7. The number of likely N-dealkylation sites (tertiary alicyclic amines) is 1. The first-order chi connectivity index (χ1) is 8.74. The van der Waals surface area contributed by atoms with Crippen molar-refractivity contribution < 1.29 is 14.3 Å². The highest BCUT2D eigenvalue weighted by Crippen LogP contribution is 2.46. The van der Waals surface area contributed by atoms with Gasteiger partial charge in [0.1, 0.15) is 17.1 Å². The molecule has 0 radical (unpaired) electrons. The molecular weight excluding hydrogens is 230 g/mol. The minimum Gasteiger partial charge on any atom is -0.496 e. The summed E-state index contributed by atoms with van der Waals surface area (Å²) in [4.78, 5) is 14.5. The third-order valence-electron chi connectivity index (χ3n) is 3.91. The average molecular weight is 247 g/mol. The summed E-state index contributed by atoms with van der Waals surface area (Å²) in [7, 11) is 3.15. The fourth-order valence-electron chi connectivity index (χ4n) is 2.78. The number of hydrogen-bond acceptors (Lipinski definition) is 3. The molecule has 2 atom stereocenters. The number of nitrogens with zero attached hydrogens (tertiary/aromatic N) is 1. The molecule has 96 valence electrons. The minimum absolute atomic E-state index is 0.0245. The summed E-state index contributed by atoms with van der Waals surface area (Å²) in [5.74, 6) is 2.65. The Morgan fingerprint density at radius 2 is 1.72 bits per heavy atom. The Labute approximate surface area is 106 Å². The molecular formula is C14H17NO3. The Hall–Kier alpha value is -1.71. The third-order valence-corrected chi connectivity index (χ3v) is 3.91. The lowest BCUT2D eigenvalue weighted by atomic mass is 10.1. The lowest BCUT2D eigenvalue weighted by molar-refractivity contribution is 0.0768. The van der Waals surface area contributed by atoms with E-state index >= 15 is 0 Å². The Kier molecular flexibility index (Phi) is 2.65. The summed E-state index contributed by atoms with van der Waals surface area (Å²) in [6.07, 6.45) is 1.28. The van der Waals surface area contributed by atoms with Crippen LogP contribution in [0.25, 0.3) is 0 Å². The van der Waals surface area contributed by atoms with Gasteiger partial charge in [-0.05, 0) is 30.4 Å². The molecule has 1 amide bonds. The van der Waals surface area contributed by atoms with Crippen LogP contribution in [0.2, 0.25) is 0 Å². The number of amides is 1. The first kappa shape index (κ1) is 11.4. The smallest absolute Gasteiger partial charge is 0.261 e. The van der Waals surface area contributed by atoms with Crippen LogP contribution in [0.1, 0.15) is 16.8 Å². The van der Waals surface area contributed by atoms with Gasteiger partial charge in [0.15, 0.2) is 0 Å².